The average Bonchev–Trinajstić information content (AvgIpc) is 2.75. The second-order valence-corrected chi connectivity index (χ2v) is 6.28. The number of rotatable bonds is 4. The number of aryl methyl sites for hydroxylation is 2. The molecule has 0 N–H and O–H groups in total. The lowest BCUT2D eigenvalue weighted by molar-refractivity contribution is 0.886. The van der Waals surface area contributed by atoms with Crippen LogP contribution in [-0.4, -0.2) is 0 Å². The fourth-order valence-corrected chi connectivity index (χ4v) is 1.76. The van der Waals surface area contributed by atoms with E-state index in [0.29, 0.717) is 0 Å². The molecule has 1 aromatic carbocycles. The van der Waals surface area contributed by atoms with Crippen LogP contribution < -0.4 is 0 Å². The van der Waals surface area contributed by atoms with Gasteiger partial charge in [-0.15, -0.1) is 0 Å². The number of hydrogen-bond donors (Lipinski definition) is 0. The summed E-state index contributed by atoms with van der Waals surface area (Å²) in [6, 6.07) is 2.28. The van der Waals surface area contributed by atoms with Crippen LogP contribution in [-0.2, 0) is 6.42 Å². The van der Waals surface area contributed by atoms with E-state index in [0.717, 1.165) is 6.42 Å². The van der Waals surface area contributed by atoms with Crippen LogP contribution in [0.4, 0.5) is 0 Å². The van der Waals surface area contributed by atoms with E-state index >= 15 is 0 Å². The summed E-state index contributed by atoms with van der Waals surface area (Å²) in [5, 5.41) is 0. The first-order chi connectivity index (χ1) is 13.4. The maximum Gasteiger partial charge on any atom is -0.0198 e. The molecule has 0 saturated carbocycles. The van der Waals surface area contributed by atoms with E-state index < -0.39 is 0 Å². The predicted octanol–water partition coefficient (Wildman–Crippen LogP) is 10.9. The van der Waals surface area contributed by atoms with Gasteiger partial charge in [-0.05, 0) is 55.0 Å². The molecule has 0 spiro atoms. The number of unbranched alkanes of at least 4 members (excludes halogenated alkanes) is 2. The van der Waals surface area contributed by atoms with Crippen molar-refractivity contribution < 1.29 is 0 Å². The first-order valence-electron chi connectivity index (χ1n) is 12.1. The molecule has 0 saturated heterocycles. The lowest BCUT2D eigenvalue weighted by atomic mass is 9.92. The molecule has 0 heteroatoms. The lowest BCUT2D eigenvalue weighted by Crippen LogP contribution is -1.96. The monoisotopic (exact) mass is 394 g/mol. The van der Waals surface area contributed by atoms with Gasteiger partial charge in [0.25, 0.3) is 0 Å². The van der Waals surface area contributed by atoms with Crippen molar-refractivity contribution >= 4 is 6.08 Å². The molecule has 0 aliphatic carbocycles. The van der Waals surface area contributed by atoms with Gasteiger partial charge in [0.05, 0.1) is 0 Å². The Kier molecular flexibility index (Phi) is 45.1. The lowest BCUT2D eigenvalue weighted by Gasteiger charge is -2.13. The largest absolute Gasteiger partial charge is 0.0984 e. The summed E-state index contributed by atoms with van der Waals surface area (Å²) >= 11 is 0. The van der Waals surface area contributed by atoms with Crippen LogP contribution >= 0.6 is 0 Å². The molecule has 1 rings (SSSR count). The zero-order valence-electron chi connectivity index (χ0n) is 22.6. The summed E-state index contributed by atoms with van der Waals surface area (Å²) in [6.45, 7) is 33.6. The van der Waals surface area contributed by atoms with Crippen LogP contribution in [0.3, 0.4) is 0 Å². The summed E-state index contributed by atoms with van der Waals surface area (Å²) in [4.78, 5) is 0. The van der Waals surface area contributed by atoms with Crippen LogP contribution in [0.2, 0.25) is 0 Å². The minimum Gasteiger partial charge on any atom is -0.0984 e. The zero-order chi connectivity index (χ0) is 23.5. The van der Waals surface area contributed by atoms with E-state index in [-0.39, 0.29) is 0 Å². The fraction of sp³-hybridized carbons (Fsp3) is 0.714. The van der Waals surface area contributed by atoms with Gasteiger partial charge in [0, 0.05) is 0 Å². The third-order valence-electron chi connectivity index (χ3n) is 3.88. The highest BCUT2D eigenvalue weighted by molar-refractivity contribution is 5.60. The van der Waals surface area contributed by atoms with Crippen molar-refractivity contribution in [3.05, 3.63) is 40.5 Å². The molecule has 1 aromatic rings. The second kappa shape index (κ2) is 33.5. The fourth-order valence-electron chi connectivity index (χ4n) is 1.76. The van der Waals surface area contributed by atoms with Gasteiger partial charge in [0.15, 0.2) is 0 Å². The van der Waals surface area contributed by atoms with Gasteiger partial charge in [-0.2, -0.15) is 0 Å². The molecule has 0 fully saturated rings. The summed E-state index contributed by atoms with van der Waals surface area (Å²) in [7, 11) is 0. The highest BCUT2D eigenvalue weighted by atomic mass is 14.1. The smallest absolute Gasteiger partial charge is 0.0198 e. The van der Waals surface area contributed by atoms with Crippen LogP contribution in [0.25, 0.3) is 6.08 Å². The van der Waals surface area contributed by atoms with Gasteiger partial charge in [-0.25, -0.2) is 0 Å². The Morgan fingerprint density at radius 3 is 1.21 bits per heavy atom. The first kappa shape index (κ1) is 37.7. The molecule has 0 amide bonds. The minimum atomic E-state index is 1.09. The van der Waals surface area contributed by atoms with Crippen molar-refractivity contribution in [1.82, 2.24) is 0 Å². The van der Waals surface area contributed by atoms with Crippen LogP contribution in [0, 0.1) is 20.8 Å². The molecule has 0 aromatic heterocycles. The summed E-state index contributed by atoms with van der Waals surface area (Å²) in [5.41, 5.74) is 6.90. The van der Waals surface area contributed by atoms with E-state index in [1.165, 1.54) is 59.9 Å². The van der Waals surface area contributed by atoms with Gasteiger partial charge in [0.2, 0.25) is 0 Å². The second-order valence-electron chi connectivity index (χ2n) is 6.28. The molecule has 0 unspecified atom stereocenters. The maximum atomic E-state index is 3.87. The third kappa shape index (κ3) is 23.0. The van der Waals surface area contributed by atoms with Crippen molar-refractivity contribution in [2.75, 3.05) is 0 Å². The van der Waals surface area contributed by atoms with Gasteiger partial charge in [0.1, 0.15) is 0 Å². The van der Waals surface area contributed by atoms with Gasteiger partial charge in [-0.3, -0.25) is 0 Å². The van der Waals surface area contributed by atoms with Crippen molar-refractivity contribution in [3.8, 4) is 0 Å². The van der Waals surface area contributed by atoms with Gasteiger partial charge >= 0.3 is 0 Å². The third-order valence-corrected chi connectivity index (χ3v) is 3.88. The average molecular weight is 395 g/mol. The predicted molar refractivity (Wildman–Crippen MR) is 140 cm³/mol. The summed E-state index contributed by atoms with van der Waals surface area (Å²) in [5.74, 6) is 0. The van der Waals surface area contributed by atoms with E-state index in [2.05, 4.69) is 81.9 Å². The molecular formula is C28H58. The normalized spacial score (nSPS) is 7.93. The van der Waals surface area contributed by atoms with Gasteiger partial charge < -0.3 is 0 Å². The molecule has 0 aliphatic rings. The Morgan fingerprint density at radius 1 is 0.679 bits per heavy atom. The molecular weight excluding hydrogens is 336 g/mol. The maximum absolute atomic E-state index is 3.87. The summed E-state index contributed by atoms with van der Waals surface area (Å²) < 4.78 is 0. The molecule has 0 atom stereocenters. The van der Waals surface area contributed by atoms with Crippen molar-refractivity contribution in [2.24, 2.45) is 0 Å². The zero-order valence-corrected chi connectivity index (χ0v) is 22.6. The minimum absolute atomic E-state index is 1.09. The Balaban J connectivity index is -0.0000000976. The van der Waals surface area contributed by atoms with Crippen LogP contribution in [0.5, 0.6) is 0 Å². The Hall–Kier alpha value is -1.04. The molecule has 0 bridgehead atoms. The highest BCUT2D eigenvalue weighted by Gasteiger charge is 2.06. The Morgan fingerprint density at radius 2 is 1.00 bits per heavy atom. The highest BCUT2D eigenvalue weighted by Crippen LogP contribution is 2.23. The van der Waals surface area contributed by atoms with Crippen LogP contribution in [0.15, 0.2) is 12.6 Å². The summed E-state index contributed by atoms with van der Waals surface area (Å²) in [6.07, 6.45) is 9.59. The van der Waals surface area contributed by atoms with Crippen molar-refractivity contribution in [2.45, 2.75) is 135 Å². The topological polar surface area (TPSA) is 0 Å². The molecule has 0 radical (unpaired) electrons. The van der Waals surface area contributed by atoms with Crippen molar-refractivity contribution in [1.29, 1.82) is 0 Å². The molecule has 28 heavy (non-hydrogen) atoms. The van der Waals surface area contributed by atoms with Crippen LogP contribution in [0.1, 0.15) is 136 Å². The van der Waals surface area contributed by atoms with E-state index in [1.54, 1.807) is 0 Å². The SMILES string of the molecule is C=Cc1c(CC)cc(C)c(C)c1C.CC.CC.CCC.CCCC.CCCC. The first-order valence-corrected chi connectivity index (χ1v) is 12.1. The molecule has 0 nitrogen and oxygen atoms in total. The quantitative estimate of drug-likeness (QED) is 0.476. The number of hydrogen-bond acceptors (Lipinski definition) is 0. The van der Waals surface area contributed by atoms with E-state index in [4.69, 9.17) is 0 Å². The Labute approximate surface area is 182 Å². The van der Waals surface area contributed by atoms with Gasteiger partial charge in [-0.1, -0.05) is 127 Å². The van der Waals surface area contributed by atoms with E-state index in [1.807, 2.05) is 33.8 Å². The molecule has 170 valence electrons. The van der Waals surface area contributed by atoms with E-state index in [9.17, 15) is 0 Å². The molecule has 0 heterocycles. The van der Waals surface area contributed by atoms with Crippen molar-refractivity contribution in [3.63, 3.8) is 0 Å². The number of benzene rings is 1. The standard InChI is InChI=1S/C13H18.2C4H10.C3H8.2C2H6/c1-6-12-8-9(3)10(4)11(5)13(12)7-2;2*1-3-4-2;1-3-2;2*1-2/h7-8H,2,6H2,1,3-5H3;2*3-4H2,1-2H3;3H2,1-2H3;2*1-2H3. The Bertz CT molecular complexity index is 391. The molecule has 0 aliphatic heterocycles.